The third-order valence-corrected chi connectivity index (χ3v) is 8.60. The first-order valence-corrected chi connectivity index (χ1v) is 15.0. The van der Waals surface area contributed by atoms with Gasteiger partial charge in [-0.3, -0.25) is 4.79 Å². The van der Waals surface area contributed by atoms with Crippen LogP contribution in [0.2, 0.25) is 0 Å². The highest BCUT2D eigenvalue weighted by atomic mass is 32.1. The van der Waals surface area contributed by atoms with Crippen molar-refractivity contribution in [2.24, 2.45) is 15.6 Å². The number of thiazole rings is 1. The van der Waals surface area contributed by atoms with Crippen LogP contribution in [0.25, 0.3) is 20.8 Å². The zero-order valence-corrected chi connectivity index (χ0v) is 25.3. The summed E-state index contributed by atoms with van der Waals surface area (Å²) in [4.78, 5) is 19.6. The quantitative estimate of drug-likeness (QED) is 0.129. The van der Waals surface area contributed by atoms with Crippen molar-refractivity contribution in [1.82, 2.24) is 4.98 Å². The minimum atomic E-state index is -0.399. The van der Waals surface area contributed by atoms with Gasteiger partial charge in [0, 0.05) is 17.8 Å². The first-order valence-electron chi connectivity index (χ1n) is 14.2. The number of hydrogen-bond acceptors (Lipinski definition) is 7. The van der Waals surface area contributed by atoms with Gasteiger partial charge in [0.15, 0.2) is 0 Å². The molecule has 0 fully saturated rings. The summed E-state index contributed by atoms with van der Waals surface area (Å²) in [5.74, 6) is -0.0944. The number of hydrogen-bond donors (Lipinski definition) is 0. The molecule has 0 spiro atoms. The summed E-state index contributed by atoms with van der Waals surface area (Å²) in [6, 6.07) is 20.6. The lowest BCUT2D eigenvalue weighted by Gasteiger charge is -2.27. The Morgan fingerprint density at radius 3 is 2.45 bits per heavy atom. The van der Waals surface area contributed by atoms with E-state index < -0.39 is 5.41 Å². The predicted molar refractivity (Wildman–Crippen MR) is 167 cm³/mol. The number of likely N-dealkylation sites (N-methyl/N-ethyl adjacent to an activating group) is 1. The summed E-state index contributed by atoms with van der Waals surface area (Å²) in [7, 11) is 0. The van der Waals surface area contributed by atoms with E-state index in [2.05, 4.69) is 73.2 Å². The molecule has 1 unspecified atom stereocenters. The third kappa shape index (κ3) is 6.94. The molecule has 0 aliphatic carbocycles. The van der Waals surface area contributed by atoms with Crippen LogP contribution < -0.4 is 4.90 Å². The topological polar surface area (TPSA) is 67.2 Å². The molecule has 40 heavy (non-hydrogen) atoms. The molecule has 0 N–H and O–H groups in total. The Balaban J connectivity index is 1.37. The first-order chi connectivity index (χ1) is 19.3. The van der Waals surface area contributed by atoms with Gasteiger partial charge in [0.1, 0.15) is 11.6 Å². The fourth-order valence-corrected chi connectivity index (χ4v) is 5.82. The molecule has 4 aromatic rings. The number of carbonyl (C=O) groups is 1. The maximum atomic E-state index is 12.7. The smallest absolute Gasteiger partial charge is 0.311 e. The number of benzene rings is 3. The second kappa shape index (κ2) is 13.2. The van der Waals surface area contributed by atoms with Crippen molar-refractivity contribution >= 4 is 44.6 Å². The van der Waals surface area contributed by atoms with Crippen LogP contribution in [0.3, 0.4) is 0 Å². The molecule has 0 saturated heterocycles. The van der Waals surface area contributed by atoms with Gasteiger partial charge >= 0.3 is 5.97 Å². The number of anilines is 1. The summed E-state index contributed by atoms with van der Waals surface area (Å²) in [6.07, 6.45) is 2.61. The Hall–Kier alpha value is -3.58. The van der Waals surface area contributed by atoms with Crippen molar-refractivity contribution in [2.75, 3.05) is 24.6 Å². The lowest BCUT2D eigenvalue weighted by atomic mass is 9.83. The van der Waals surface area contributed by atoms with E-state index in [0.717, 1.165) is 64.5 Å². The van der Waals surface area contributed by atoms with Gasteiger partial charge in [-0.15, -0.1) is 11.3 Å². The summed E-state index contributed by atoms with van der Waals surface area (Å²) in [6.45, 7) is 14.3. The summed E-state index contributed by atoms with van der Waals surface area (Å²) in [5.41, 5.74) is 6.70. The Morgan fingerprint density at radius 2 is 1.77 bits per heavy atom. The van der Waals surface area contributed by atoms with Crippen molar-refractivity contribution in [1.29, 1.82) is 0 Å². The molecular weight excluding hydrogens is 516 g/mol. The number of fused-ring (bicyclic) bond motifs is 1. The Bertz CT molecular complexity index is 1480. The Kier molecular flexibility index (Phi) is 9.69. The Morgan fingerprint density at radius 1 is 1.00 bits per heavy atom. The van der Waals surface area contributed by atoms with Crippen molar-refractivity contribution in [2.45, 2.75) is 60.8 Å². The number of nitrogens with zero attached hydrogens (tertiary/aromatic N) is 4. The van der Waals surface area contributed by atoms with Gasteiger partial charge in [-0.1, -0.05) is 26.3 Å². The van der Waals surface area contributed by atoms with E-state index in [9.17, 15) is 4.79 Å². The van der Waals surface area contributed by atoms with Gasteiger partial charge in [0.2, 0.25) is 0 Å². The number of aryl methyl sites for hydroxylation is 2. The number of rotatable bonds is 12. The monoisotopic (exact) mass is 556 g/mol. The van der Waals surface area contributed by atoms with E-state index in [4.69, 9.17) is 9.72 Å². The predicted octanol–water partition coefficient (Wildman–Crippen LogP) is 9.58. The van der Waals surface area contributed by atoms with Crippen LogP contribution in [0.4, 0.5) is 17.1 Å². The van der Waals surface area contributed by atoms with Crippen LogP contribution in [0.15, 0.2) is 70.9 Å². The van der Waals surface area contributed by atoms with E-state index in [1.165, 1.54) is 10.3 Å². The average molecular weight is 557 g/mol. The fourth-order valence-electron chi connectivity index (χ4n) is 4.75. The van der Waals surface area contributed by atoms with E-state index in [-0.39, 0.29) is 5.97 Å². The highest BCUT2D eigenvalue weighted by molar-refractivity contribution is 7.21. The molecular formula is C33H40N4O2S. The minimum Gasteiger partial charge on any atom is -0.463 e. The fraction of sp³-hybridized carbons (Fsp3) is 0.394. The molecule has 3 aromatic carbocycles. The van der Waals surface area contributed by atoms with Crippen LogP contribution in [-0.4, -0.2) is 30.6 Å². The molecule has 0 radical (unpaired) electrons. The van der Waals surface area contributed by atoms with E-state index in [0.29, 0.717) is 13.2 Å². The highest BCUT2D eigenvalue weighted by Crippen LogP contribution is 2.33. The lowest BCUT2D eigenvalue weighted by molar-refractivity contribution is -0.155. The molecule has 1 heterocycles. The van der Waals surface area contributed by atoms with Gasteiger partial charge in [-0.2, -0.15) is 10.2 Å². The molecule has 0 bridgehead atoms. The molecule has 0 amide bonds. The number of azo groups is 1. The molecule has 1 aromatic heterocycles. The van der Waals surface area contributed by atoms with E-state index >= 15 is 0 Å². The average Bonchev–Trinajstić information content (AvgIpc) is 3.38. The number of aromatic nitrogens is 1. The highest BCUT2D eigenvalue weighted by Gasteiger charge is 2.31. The van der Waals surface area contributed by atoms with Gasteiger partial charge in [-0.05, 0) is 106 Å². The lowest BCUT2D eigenvalue weighted by Crippen LogP contribution is -2.33. The zero-order valence-electron chi connectivity index (χ0n) is 24.5. The van der Waals surface area contributed by atoms with Crippen LogP contribution in [0.5, 0.6) is 0 Å². The van der Waals surface area contributed by atoms with Crippen LogP contribution in [-0.2, 0) is 9.53 Å². The van der Waals surface area contributed by atoms with Crippen molar-refractivity contribution in [3.05, 3.63) is 71.8 Å². The zero-order chi connectivity index (χ0) is 28.7. The number of ether oxygens (including phenoxy) is 1. The molecule has 0 saturated carbocycles. The van der Waals surface area contributed by atoms with Crippen molar-refractivity contribution in [3.63, 3.8) is 0 Å². The molecule has 0 aliphatic heterocycles. The first kappa shape index (κ1) is 29.4. The second-order valence-electron chi connectivity index (χ2n) is 10.6. The molecule has 4 rings (SSSR count). The van der Waals surface area contributed by atoms with Crippen molar-refractivity contribution < 1.29 is 9.53 Å². The minimum absolute atomic E-state index is 0.0944. The third-order valence-electron chi connectivity index (χ3n) is 7.53. The van der Waals surface area contributed by atoms with Crippen LogP contribution >= 0.6 is 11.3 Å². The summed E-state index contributed by atoms with van der Waals surface area (Å²) < 4.78 is 6.89. The molecule has 0 aliphatic rings. The SMILES string of the molecule is CCCC(C)(CC)C(=O)OCCN(CC)c1ccc(N=Nc2ccc(-c3nc4ccc(C)cc4s3)cc2)c(C)c1. The molecule has 1 atom stereocenters. The molecule has 6 nitrogen and oxygen atoms in total. The normalized spacial score (nSPS) is 13.1. The number of carbonyl (C=O) groups excluding carboxylic acids is 1. The maximum absolute atomic E-state index is 12.7. The van der Waals surface area contributed by atoms with Gasteiger partial charge in [-0.25, -0.2) is 4.98 Å². The molecule has 210 valence electrons. The van der Waals surface area contributed by atoms with E-state index in [1.807, 2.05) is 44.2 Å². The van der Waals surface area contributed by atoms with E-state index in [1.54, 1.807) is 11.3 Å². The maximum Gasteiger partial charge on any atom is 0.311 e. The summed E-state index contributed by atoms with van der Waals surface area (Å²) in [5, 5.41) is 9.99. The number of esters is 1. The molecule has 7 heteroatoms. The second-order valence-corrected chi connectivity index (χ2v) is 11.6. The largest absolute Gasteiger partial charge is 0.463 e. The van der Waals surface area contributed by atoms with Crippen LogP contribution in [0, 0.1) is 19.3 Å². The van der Waals surface area contributed by atoms with Crippen molar-refractivity contribution in [3.8, 4) is 10.6 Å². The summed E-state index contributed by atoms with van der Waals surface area (Å²) >= 11 is 1.70. The standard InChI is InChI=1S/C33H40N4O2S/c1-7-18-33(6,8-2)32(38)39-20-19-37(9-3)27-15-17-28(24(5)22-27)36-35-26-13-11-25(12-14-26)31-34-29-16-10-23(4)21-30(29)40-31/h10-17,21-22H,7-9,18-20H2,1-6H3. The van der Waals surface area contributed by atoms with Gasteiger partial charge < -0.3 is 9.64 Å². The Labute approximate surface area is 242 Å². The van der Waals surface area contributed by atoms with Gasteiger partial charge in [0.05, 0.1) is 33.6 Å². The van der Waals surface area contributed by atoms with Crippen LogP contribution in [0.1, 0.15) is 58.1 Å². The van der Waals surface area contributed by atoms with Gasteiger partial charge in [0.25, 0.3) is 0 Å².